The van der Waals surface area contributed by atoms with Crippen LogP contribution in [-0.4, -0.2) is 37.4 Å². The summed E-state index contributed by atoms with van der Waals surface area (Å²) in [7, 11) is 0. The van der Waals surface area contributed by atoms with Crippen molar-refractivity contribution in [3.63, 3.8) is 0 Å². The number of rotatable bonds is 9. The second-order valence-corrected chi connectivity index (χ2v) is 9.08. The quantitative estimate of drug-likeness (QED) is 0.479. The van der Waals surface area contributed by atoms with Crippen LogP contribution in [0.25, 0.3) is 0 Å². The number of carbonyl (C=O) groups is 3. The molecule has 1 aliphatic rings. The monoisotopic (exact) mass is 485 g/mol. The highest BCUT2D eigenvalue weighted by Gasteiger charge is 2.34. The summed E-state index contributed by atoms with van der Waals surface area (Å²) >= 11 is 0. The van der Waals surface area contributed by atoms with Crippen LogP contribution in [0.4, 0.5) is 11.4 Å². The molecule has 1 fully saturated rings. The molecule has 0 aliphatic carbocycles. The Morgan fingerprint density at radius 3 is 2.50 bits per heavy atom. The van der Waals surface area contributed by atoms with Gasteiger partial charge in [-0.25, -0.2) is 0 Å². The predicted octanol–water partition coefficient (Wildman–Crippen LogP) is 4.03. The zero-order valence-electron chi connectivity index (χ0n) is 20.6. The Labute approximate surface area is 211 Å². The van der Waals surface area contributed by atoms with Crippen LogP contribution in [0.1, 0.15) is 23.1 Å². The Balaban J connectivity index is 1.25. The molecule has 186 valence electrons. The summed E-state index contributed by atoms with van der Waals surface area (Å²) in [6, 6.07) is 22.8. The molecule has 1 atom stereocenters. The summed E-state index contributed by atoms with van der Waals surface area (Å²) in [6.45, 7) is 4.66. The van der Waals surface area contributed by atoms with Gasteiger partial charge in [0, 0.05) is 30.9 Å². The SMILES string of the molecule is Cc1ccc(C)c(NC(=O)COc2ccc(N3C[C@H](C(=O)NCCc4ccccc4)CC3=O)cc2)c1. The van der Waals surface area contributed by atoms with Gasteiger partial charge in [-0.1, -0.05) is 42.5 Å². The molecule has 1 heterocycles. The highest BCUT2D eigenvalue weighted by molar-refractivity contribution is 6.00. The Bertz CT molecular complexity index is 1230. The van der Waals surface area contributed by atoms with Crippen LogP contribution in [0.3, 0.4) is 0 Å². The molecule has 2 N–H and O–H groups in total. The maximum atomic E-state index is 12.6. The minimum atomic E-state index is -0.377. The topological polar surface area (TPSA) is 87.7 Å². The number of benzene rings is 3. The largest absolute Gasteiger partial charge is 0.484 e. The molecule has 0 spiro atoms. The predicted molar refractivity (Wildman–Crippen MR) is 140 cm³/mol. The van der Waals surface area contributed by atoms with Crippen molar-refractivity contribution in [1.29, 1.82) is 0 Å². The van der Waals surface area contributed by atoms with Gasteiger partial charge in [0.2, 0.25) is 11.8 Å². The van der Waals surface area contributed by atoms with Crippen LogP contribution in [0.5, 0.6) is 5.75 Å². The van der Waals surface area contributed by atoms with E-state index in [0.29, 0.717) is 24.5 Å². The maximum absolute atomic E-state index is 12.6. The van der Waals surface area contributed by atoms with Crippen molar-refractivity contribution in [1.82, 2.24) is 5.32 Å². The highest BCUT2D eigenvalue weighted by atomic mass is 16.5. The lowest BCUT2D eigenvalue weighted by atomic mass is 10.1. The summed E-state index contributed by atoms with van der Waals surface area (Å²) in [6.07, 6.45) is 0.939. The molecule has 1 aliphatic heterocycles. The lowest BCUT2D eigenvalue weighted by Crippen LogP contribution is -2.34. The van der Waals surface area contributed by atoms with E-state index in [1.807, 2.05) is 62.4 Å². The Kier molecular flexibility index (Phi) is 8.00. The van der Waals surface area contributed by atoms with E-state index in [1.54, 1.807) is 29.2 Å². The number of hydrogen-bond acceptors (Lipinski definition) is 4. The minimum absolute atomic E-state index is 0.0835. The van der Waals surface area contributed by atoms with E-state index < -0.39 is 0 Å². The number of hydrogen-bond donors (Lipinski definition) is 2. The number of aryl methyl sites for hydroxylation is 2. The first-order chi connectivity index (χ1) is 17.4. The second-order valence-electron chi connectivity index (χ2n) is 9.08. The summed E-state index contributed by atoms with van der Waals surface area (Å²) in [5, 5.41) is 5.82. The molecule has 36 heavy (non-hydrogen) atoms. The Morgan fingerprint density at radius 1 is 1.00 bits per heavy atom. The van der Waals surface area contributed by atoms with Gasteiger partial charge in [-0.05, 0) is 67.3 Å². The molecule has 1 saturated heterocycles. The van der Waals surface area contributed by atoms with E-state index in [0.717, 1.165) is 28.8 Å². The smallest absolute Gasteiger partial charge is 0.262 e. The summed E-state index contributed by atoms with van der Waals surface area (Å²) in [5.74, 6) is -0.283. The van der Waals surface area contributed by atoms with Gasteiger partial charge < -0.3 is 20.3 Å². The molecule has 0 unspecified atom stereocenters. The molecular formula is C29H31N3O4. The van der Waals surface area contributed by atoms with Gasteiger partial charge in [-0.3, -0.25) is 14.4 Å². The normalized spacial score (nSPS) is 15.0. The van der Waals surface area contributed by atoms with Crippen molar-refractivity contribution in [2.75, 3.05) is 29.9 Å². The fourth-order valence-corrected chi connectivity index (χ4v) is 4.18. The minimum Gasteiger partial charge on any atom is -0.484 e. The maximum Gasteiger partial charge on any atom is 0.262 e. The first kappa shape index (κ1) is 25.0. The van der Waals surface area contributed by atoms with Crippen molar-refractivity contribution >= 4 is 29.1 Å². The first-order valence-electron chi connectivity index (χ1n) is 12.1. The summed E-state index contributed by atoms with van der Waals surface area (Å²) in [4.78, 5) is 39.1. The average molecular weight is 486 g/mol. The van der Waals surface area contributed by atoms with E-state index in [1.165, 1.54) is 0 Å². The van der Waals surface area contributed by atoms with Crippen molar-refractivity contribution in [3.05, 3.63) is 89.5 Å². The second kappa shape index (κ2) is 11.5. The zero-order valence-corrected chi connectivity index (χ0v) is 20.6. The highest BCUT2D eigenvalue weighted by Crippen LogP contribution is 2.27. The standard InChI is InChI=1S/C29H31N3O4/c1-20-8-9-21(2)26(16-20)31-27(33)19-36-25-12-10-24(11-13-25)32-18-23(17-28(32)34)29(35)30-15-14-22-6-4-3-5-7-22/h3-13,16,23H,14-15,17-19H2,1-2H3,(H,30,35)(H,31,33)/t23-/m1/s1. The van der Waals surface area contributed by atoms with Gasteiger partial charge in [0.25, 0.3) is 5.91 Å². The molecule has 3 amide bonds. The number of nitrogens with one attached hydrogen (secondary N) is 2. The molecule has 0 saturated carbocycles. The average Bonchev–Trinajstić information content (AvgIpc) is 3.27. The number of ether oxygens (including phenoxy) is 1. The van der Waals surface area contributed by atoms with Crippen LogP contribution in [0, 0.1) is 19.8 Å². The van der Waals surface area contributed by atoms with Gasteiger partial charge in [0.05, 0.1) is 5.92 Å². The third-order valence-corrected chi connectivity index (χ3v) is 6.24. The van der Waals surface area contributed by atoms with Gasteiger partial charge in [-0.15, -0.1) is 0 Å². The van der Waals surface area contributed by atoms with E-state index in [-0.39, 0.29) is 36.7 Å². The zero-order chi connectivity index (χ0) is 25.5. The van der Waals surface area contributed by atoms with Crippen LogP contribution in [0.2, 0.25) is 0 Å². The van der Waals surface area contributed by atoms with Crippen molar-refractivity contribution in [2.45, 2.75) is 26.7 Å². The van der Waals surface area contributed by atoms with Crippen molar-refractivity contribution < 1.29 is 19.1 Å². The van der Waals surface area contributed by atoms with Gasteiger partial charge >= 0.3 is 0 Å². The fraction of sp³-hybridized carbons (Fsp3) is 0.276. The molecule has 3 aromatic carbocycles. The third-order valence-electron chi connectivity index (χ3n) is 6.24. The third kappa shape index (κ3) is 6.50. The molecule has 7 nitrogen and oxygen atoms in total. The molecule has 3 aromatic rings. The molecule has 0 bridgehead atoms. The number of amides is 3. The number of carbonyl (C=O) groups excluding carboxylic acids is 3. The fourth-order valence-electron chi connectivity index (χ4n) is 4.18. The summed E-state index contributed by atoms with van der Waals surface area (Å²) in [5.41, 5.74) is 4.68. The van der Waals surface area contributed by atoms with Gasteiger partial charge in [0.1, 0.15) is 5.75 Å². The lowest BCUT2D eigenvalue weighted by molar-refractivity contribution is -0.126. The lowest BCUT2D eigenvalue weighted by Gasteiger charge is -2.17. The van der Waals surface area contributed by atoms with E-state index in [4.69, 9.17) is 4.74 Å². The van der Waals surface area contributed by atoms with Gasteiger partial charge in [0.15, 0.2) is 6.61 Å². The van der Waals surface area contributed by atoms with Gasteiger partial charge in [-0.2, -0.15) is 0 Å². The summed E-state index contributed by atoms with van der Waals surface area (Å²) < 4.78 is 5.62. The first-order valence-corrected chi connectivity index (χ1v) is 12.1. The molecular weight excluding hydrogens is 454 g/mol. The number of nitrogens with zero attached hydrogens (tertiary/aromatic N) is 1. The molecule has 7 heteroatoms. The van der Waals surface area contributed by atoms with Crippen LogP contribution >= 0.6 is 0 Å². The van der Waals surface area contributed by atoms with Crippen LogP contribution in [0.15, 0.2) is 72.8 Å². The molecule has 4 rings (SSSR count). The van der Waals surface area contributed by atoms with Crippen molar-refractivity contribution in [3.8, 4) is 5.75 Å². The molecule has 0 aromatic heterocycles. The van der Waals surface area contributed by atoms with E-state index in [2.05, 4.69) is 10.6 Å². The number of anilines is 2. The van der Waals surface area contributed by atoms with Crippen LogP contribution in [-0.2, 0) is 20.8 Å². The Morgan fingerprint density at radius 2 is 1.75 bits per heavy atom. The van der Waals surface area contributed by atoms with E-state index >= 15 is 0 Å². The Hall–Kier alpha value is -4.13. The van der Waals surface area contributed by atoms with Crippen molar-refractivity contribution in [2.24, 2.45) is 5.92 Å². The molecule has 0 radical (unpaired) electrons. The van der Waals surface area contributed by atoms with Crippen LogP contribution < -0.4 is 20.3 Å². The van der Waals surface area contributed by atoms with E-state index in [9.17, 15) is 14.4 Å².